The van der Waals surface area contributed by atoms with Gasteiger partial charge in [0.05, 0.1) is 11.4 Å². The van der Waals surface area contributed by atoms with Crippen LogP contribution < -0.4 is 10.6 Å². The Labute approximate surface area is 161 Å². The molecule has 1 aromatic rings. The molecule has 0 spiro atoms. The number of carbonyl (C=O) groups excluding carboxylic acids is 2. The molecule has 1 aliphatic rings. The molecule has 0 aliphatic carbocycles. The Morgan fingerprint density at radius 1 is 1.11 bits per heavy atom. The van der Waals surface area contributed by atoms with Crippen LogP contribution in [-0.2, 0) is 14.8 Å². The highest BCUT2D eigenvalue weighted by Crippen LogP contribution is 2.22. The van der Waals surface area contributed by atoms with E-state index in [-0.39, 0.29) is 12.6 Å². The van der Waals surface area contributed by atoms with Crippen LogP contribution in [0.4, 0.5) is 4.79 Å². The van der Waals surface area contributed by atoms with Crippen LogP contribution >= 0.6 is 0 Å². The molecule has 0 aromatic heterocycles. The average molecular weight is 397 g/mol. The van der Waals surface area contributed by atoms with Crippen LogP contribution in [0.1, 0.15) is 25.0 Å². The van der Waals surface area contributed by atoms with Gasteiger partial charge in [-0.2, -0.15) is 4.31 Å². The third-order valence-electron chi connectivity index (χ3n) is 4.33. The van der Waals surface area contributed by atoms with E-state index in [9.17, 15) is 18.0 Å². The largest absolute Gasteiger partial charge is 0.336 e. The molecular formula is C18H28N4O4S. The number of aryl methyl sites for hydroxylation is 2. The van der Waals surface area contributed by atoms with Crippen LogP contribution in [0.25, 0.3) is 0 Å². The van der Waals surface area contributed by atoms with Crippen LogP contribution in [0.2, 0.25) is 0 Å². The van der Waals surface area contributed by atoms with E-state index in [1.54, 1.807) is 26.8 Å². The quantitative estimate of drug-likeness (QED) is 0.769. The number of sulfonamides is 1. The molecule has 1 aromatic carbocycles. The SMILES string of the molecule is Cc1ccc(C)c(S(=O)(=O)N2CCN(CC(=O)NC(=O)NC(C)C)CC2)c1. The monoisotopic (exact) mass is 396 g/mol. The van der Waals surface area contributed by atoms with Crippen molar-refractivity contribution in [3.63, 3.8) is 0 Å². The first-order chi connectivity index (χ1) is 12.6. The van der Waals surface area contributed by atoms with E-state index in [0.29, 0.717) is 31.1 Å². The van der Waals surface area contributed by atoms with E-state index < -0.39 is 22.0 Å². The third-order valence-corrected chi connectivity index (χ3v) is 6.37. The van der Waals surface area contributed by atoms with E-state index in [1.165, 1.54) is 4.31 Å². The van der Waals surface area contributed by atoms with Crippen LogP contribution in [0.15, 0.2) is 23.1 Å². The molecule has 1 heterocycles. The summed E-state index contributed by atoms with van der Waals surface area (Å²) < 4.78 is 27.3. The highest BCUT2D eigenvalue weighted by atomic mass is 32.2. The van der Waals surface area contributed by atoms with Crippen molar-refractivity contribution >= 4 is 22.0 Å². The Hall–Kier alpha value is -1.97. The van der Waals surface area contributed by atoms with Gasteiger partial charge in [0.15, 0.2) is 0 Å². The van der Waals surface area contributed by atoms with Crippen molar-refractivity contribution in [3.8, 4) is 0 Å². The van der Waals surface area contributed by atoms with E-state index >= 15 is 0 Å². The summed E-state index contributed by atoms with van der Waals surface area (Å²) in [5.74, 6) is -0.404. The van der Waals surface area contributed by atoms with Crippen molar-refractivity contribution in [2.75, 3.05) is 32.7 Å². The first-order valence-electron chi connectivity index (χ1n) is 8.99. The summed E-state index contributed by atoms with van der Waals surface area (Å²) in [5, 5.41) is 4.87. The summed E-state index contributed by atoms with van der Waals surface area (Å²) in [5.41, 5.74) is 1.62. The molecule has 8 nitrogen and oxygen atoms in total. The first-order valence-corrected chi connectivity index (χ1v) is 10.4. The molecule has 27 heavy (non-hydrogen) atoms. The fraction of sp³-hybridized carbons (Fsp3) is 0.556. The molecule has 1 fully saturated rings. The second-order valence-electron chi connectivity index (χ2n) is 7.13. The van der Waals surface area contributed by atoms with Crippen molar-refractivity contribution in [3.05, 3.63) is 29.3 Å². The predicted octanol–water partition coefficient (Wildman–Crippen LogP) is 0.844. The Morgan fingerprint density at radius 3 is 2.33 bits per heavy atom. The molecule has 2 N–H and O–H groups in total. The summed E-state index contributed by atoms with van der Waals surface area (Å²) in [6.45, 7) is 8.80. The molecule has 0 radical (unpaired) electrons. The fourth-order valence-electron chi connectivity index (χ4n) is 2.92. The van der Waals surface area contributed by atoms with E-state index in [0.717, 1.165) is 11.1 Å². The lowest BCUT2D eigenvalue weighted by molar-refractivity contribution is -0.121. The highest BCUT2D eigenvalue weighted by Gasteiger charge is 2.30. The Morgan fingerprint density at radius 2 is 1.74 bits per heavy atom. The van der Waals surface area contributed by atoms with Gasteiger partial charge in [-0.15, -0.1) is 0 Å². The summed E-state index contributed by atoms with van der Waals surface area (Å²) >= 11 is 0. The number of nitrogens with zero attached hydrogens (tertiary/aromatic N) is 2. The molecule has 1 saturated heterocycles. The zero-order valence-electron chi connectivity index (χ0n) is 16.3. The van der Waals surface area contributed by atoms with Crippen LogP contribution in [0, 0.1) is 13.8 Å². The summed E-state index contributed by atoms with van der Waals surface area (Å²) in [6, 6.07) is 4.81. The normalized spacial score (nSPS) is 16.3. The van der Waals surface area contributed by atoms with Crippen LogP contribution in [-0.4, -0.2) is 68.3 Å². The molecule has 150 valence electrons. The van der Waals surface area contributed by atoms with Crippen molar-refractivity contribution in [1.29, 1.82) is 0 Å². The Bertz CT molecular complexity index is 800. The minimum Gasteiger partial charge on any atom is -0.336 e. The van der Waals surface area contributed by atoms with E-state index in [1.807, 2.05) is 24.0 Å². The lowest BCUT2D eigenvalue weighted by Crippen LogP contribution is -2.52. The number of hydrogen-bond donors (Lipinski definition) is 2. The zero-order valence-corrected chi connectivity index (χ0v) is 17.1. The van der Waals surface area contributed by atoms with Crippen molar-refractivity contribution in [2.24, 2.45) is 0 Å². The molecular weight excluding hydrogens is 368 g/mol. The van der Waals surface area contributed by atoms with Gasteiger partial charge >= 0.3 is 6.03 Å². The fourth-order valence-corrected chi connectivity index (χ4v) is 4.65. The summed E-state index contributed by atoms with van der Waals surface area (Å²) in [6.07, 6.45) is 0. The van der Waals surface area contributed by atoms with Gasteiger partial charge < -0.3 is 5.32 Å². The molecule has 0 atom stereocenters. The number of urea groups is 1. The number of carbonyl (C=O) groups is 2. The zero-order chi connectivity index (χ0) is 20.2. The summed E-state index contributed by atoms with van der Waals surface area (Å²) in [7, 11) is -3.56. The standard InChI is InChI=1S/C18H28N4O4S/c1-13(2)19-18(24)20-17(23)12-21-7-9-22(10-8-21)27(25,26)16-11-14(3)5-6-15(16)4/h5-6,11,13H,7-10,12H2,1-4H3,(H2,19,20,23,24). The molecule has 9 heteroatoms. The lowest BCUT2D eigenvalue weighted by atomic mass is 10.2. The van der Waals surface area contributed by atoms with Gasteiger partial charge in [0.1, 0.15) is 0 Å². The van der Waals surface area contributed by atoms with Gasteiger partial charge in [-0.25, -0.2) is 13.2 Å². The smallest absolute Gasteiger partial charge is 0.321 e. The Kier molecular flexibility index (Phi) is 6.96. The second kappa shape index (κ2) is 8.81. The van der Waals surface area contributed by atoms with Gasteiger partial charge in [0, 0.05) is 32.2 Å². The molecule has 0 saturated carbocycles. The Balaban J connectivity index is 1.92. The average Bonchev–Trinajstić information content (AvgIpc) is 2.56. The highest BCUT2D eigenvalue weighted by molar-refractivity contribution is 7.89. The topological polar surface area (TPSA) is 98.8 Å². The molecule has 0 bridgehead atoms. The van der Waals surface area contributed by atoms with Gasteiger partial charge in [-0.3, -0.25) is 15.0 Å². The van der Waals surface area contributed by atoms with E-state index in [2.05, 4.69) is 10.6 Å². The van der Waals surface area contributed by atoms with Crippen molar-refractivity contribution < 1.29 is 18.0 Å². The minimum absolute atomic E-state index is 0.0584. The maximum Gasteiger partial charge on any atom is 0.321 e. The predicted molar refractivity (Wildman–Crippen MR) is 103 cm³/mol. The van der Waals surface area contributed by atoms with E-state index in [4.69, 9.17) is 0 Å². The van der Waals surface area contributed by atoms with Gasteiger partial charge in [0.2, 0.25) is 15.9 Å². The molecule has 0 unspecified atom stereocenters. The van der Waals surface area contributed by atoms with Crippen molar-refractivity contribution in [2.45, 2.75) is 38.6 Å². The molecule has 1 aliphatic heterocycles. The third kappa shape index (κ3) is 5.75. The van der Waals surface area contributed by atoms with Crippen molar-refractivity contribution in [1.82, 2.24) is 19.8 Å². The second-order valence-corrected chi connectivity index (χ2v) is 9.03. The van der Waals surface area contributed by atoms with Gasteiger partial charge in [0.25, 0.3) is 0 Å². The van der Waals surface area contributed by atoms with Crippen LogP contribution in [0.5, 0.6) is 0 Å². The number of imide groups is 1. The maximum absolute atomic E-state index is 12.9. The minimum atomic E-state index is -3.56. The lowest BCUT2D eigenvalue weighted by Gasteiger charge is -2.33. The number of benzene rings is 1. The molecule has 2 rings (SSSR count). The number of piperazine rings is 1. The van der Waals surface area contributed by atoms with Gasteiger partial charge in [-0.05, 0) is 44.9 Å². The van der Waals surface area contributed by atoms with Gasteiger partial charge in [-0.1, -0.05) is 12.1 Å². The summed E-state index contributed by atoms with van der Waals surface area (Å²) in [4.78, 5) is 25.7. The first kappa shape index (κ1) is 21.3. The number of amides is 3. The number of hydrogen-bond acceptors (Lipinski definition) is 5. The number of rotatable bonds is 5. The maximum atomic E-state index is 12.9. The van der Waals surface area contributed by atoms with Crippen LogP contribution in [0.3, 0.4) is 0 Å². The molecule has 3 amide bonds. The number of nitrogens with one attached hydrogen (secondary N) is 2.